The van der Waals surface area contributed by atoms with Crippen LogP contribution in [0.5, 0.6) is 0 Å². The van der Waals surface area contributed by atoms with Crippen molar-refractivity contribution in [1.82, 2.24) is 9.97 Å². The fourth-order valence-corrected chi connectivity index (χ4v) is 8.12. The van der Waals surface area contributed by atoms with Gasteiger partial charge in [0.15, 0.2) is 5.78 Å². The van der Waals surface area contributed by atoms with E-state index in [4.69, 9.17) is 9.97 Å². The minimum absolute atomic E-state index is 0. The minimum Gasteiger partial charge on any atom is -0.512 e. The molecule has 1 N–H and O–H groups in total. The first kappa shape index (κ1) is 38.7. The molecule has 253 valence electrons. The Balaban J connectivity index is 0.000000322. The van der Waals surface area contributed by atoms with Gasteiger partial charge in [-0.05, 0) is 102 Å². The molecule has 4 aromatic heterocycles. The maximum atomic E-state index is 11.7. The fourth-order valence-electron chi connectivity index (χ4n) is 5.77. The number of aromatic nitrogens is 2. The molecule has 5 aromatic rings. The number of carbonyl (C=O) groups is 1. The number of rotatable bonds is 10. The van der Waals surface area contributed by atoms with Crippen molar-refractivity contribution in [3.8, 4) is 21.7 Å². The van der Waals surface area contributed by atoms with E-state index < -0.39 is 0 Å². The number of hydrogen-bond donors (Lipinski definition) is 1. The Bertz CT molecular complexity index is 1820. The van der Waals surface area contributed by atoms with E-state index in [2.05, 4.69) is 76.2 Å². The molecular formula is C40H49IrN2O2S2-. The summed E-state index contributed by atoms with van der Waals surface area (Å²) in [5.74, 6) is 0.547. The van der Waals surface area contributed by atoms with E-state index in [-0.39, 0.29) is 43.5 Å². The number of carbonyl (C=O) groups excluding carboxylic acids is 1. The van der Waals surface area contributed by atoms with Crippen molar-refractivity contribution >= 4 is 49.4 Å². The van der Waals surface area contributed by atoms with Gasteiger partial charge in [-0.3, -0.25) is 9.78 Å². The molecule has 0 aliphatic rings. The van der Waals surface area contributed by atoms with Gasteiger partial charge in [-0.2, -0.15) is 11.3 Å². The van der Waals surface area contributed by atoms with Crippen LogP contribution < -0.4 is 0 Å². The molecule has 0 aliphatic heterocycles. The van der Waals surface area contributed by atoms with Crippen LogP contribution in [-0.4, -0.2) is 20.9 Å². The van der Waals surface area contributed by atoms with Gasteiger partial charge in [0, 0.05) is 59.7 Å². The molecule has 0 saturated heterocycles. The summed E-state index contributed by atoms with van der Waals surface area (Å²) >= 11 is 3.70. The van der Waals surface area contributed by atoms with Gasteiger partial charge >= 0.3 is 0 Å². The third-order valence-corrected chi connectivity index (χ3v) is 10.6. The third kappa shape index (κ3) is 9.92. The molecule has 1 aromatic carbocycles. The van der Waals surface area contributed by atoms with Gasteiger partial charge in [-0.25, -0.2) is 0 Å². The van der Waals surface area contributed by atoms with Crippen LogP contribution in [0.3, 0.4) is 0 Å². The predicted molar refractivity (Wildman–Crippen MR) is 199 cm³/mol. The number of aliphatic hydroxyl groups is 1. The summed E-state index contributed by atoms with van der Waals surface area (Å²) in [6, 6.07) is 18.9. The molecule has 4 nitrogen and oxygen atoms in total. The summed E-state index contributed by atoms with van der Waals surface area (Å²) in [6.07, 6.45) is 7.91. The van der Waals surface area contributed by atoms with Crippen molar-refractivity contribution < 1.29 is 30.0 Å². The number of aryl methyl sites for hydroxylation is 2. The maximum absolute atomic E-state index is 11.7. The van der Waals surface area contributed by atoms with Crippen LogP contribution in [0.4, 0.5) is 0 Å². The van der Waals surface area contributed by atoms with Crippen molar-refractivity contribution in [2.24, 2.45) is 17.3 Å². The Kier molecular flexibility index (Phi) is 14.1. The number of hydrogen-bond acceptors (Lipinski definition) is 6. The summed E-state index contributed by atoms with van der Waals surface area (Å²) in [5.41, 5.74) is 5.42. The summed E-state index contributed by atoms with van der Waals surface area (Å²) in [6.45, 7) is 19.1. The zero-order valence-electron chi connectivity index (χ0n) is 29.3. The van der Waals surface area contributed by atoms with E-state index in [1.807, 2.05) is 63.5 Å². The molecule has 0 saturated carbocycles. The van der Waals surface area contributed by atoms with Crippen LogP contribution in [0.2, 0.25) is 0 Å². The van der Waals surface area contributed by atoms with Gasteiger partial charge in [0.25, 0.3) is 0 Å². The zero-order valence-corrected chi connectivity index (χ0v) is 33.3. The first-order valence-electron chi connectivity index (χ1n) is 16.6. The van der Waals surface area contributed by atoms with Crippen molar-refractivity contribution in [2.75, 3.05) is 0 Å². The van der Waals surface area contributed by atoms with Gasteiger partial charge in [0.05, 0.1) is 5.76 Å². The van der Waals surface area contributed by atoms with Gasteiger partial charge < -0.3 is 10.1 Å². The third-order valence-electron chi connectivity index (χ3n) is 8.40. The van der Waals surface area contributed by atoms with E-state index >= 15 is 0 Å². The number of aliphatic hydroxyl groups excluding tert-OH is 1. The zero-order chi connectivity index (χ0) is 33.6. The summed E-state index contributed by atoms with van der Waals surface area (Å²) < 4.78 is 1.27. The predicted octanol–water partition coefficient (Wildman–Crippen LogP) is 12.1. The van der Waals surface area contributed by atoms with Gasteiger partial charge in [0.2, 0.25) is 0 Å². The Morgan fingerprint density at radius 1 is 0.915 bits per heavy atom. The van der Waals surface area contributed by atoms with E-state index in [9.17, 15) is 9.90 Å². The second kappa shape index (κ2) is 17.1. The van der Waals surface area contributed by atoms with Gasteiger partial charge in [0.1, 0.15) is 0 Å². The largest absolute Gasteiger partial charge is 0.512 e. The average molecular weight is 846 g/mol. The summed E-state index contributed by atoms with van der Waals surface area (Å²) in [7, 11) is 0. The number of ketones is 1. The van der Waals surface area contributed by atoms with Crippen molar-refractivity contribution in [1.29, 1.82) is 0 Å². The number of pyridine rings is 2. The topological polar surface area (TPSA) is 63.1 Å². The van der Waals surface area contributed by atoms with Gasteiger partial charge in [-0.15, -0.1) is 23.0 Å². The van der Waals surface area contributed by atoms with Crippen LogP contribution in [-0.2, 0) is 31.3 Å². The Labute approximate surface area is 303 Å². The fraction of sp³-hybridized carbons (Fsp3) is 0.425. The van der Waals surface area contributed by atoms with Crippen molar-refractivity contribution in [3.63, 3.8) is 0 Å². The number of thiophene rings is 2. The minimum atomic E-state index is 0. The van der Waals surface area contributed by atoms with E-state index in [0.717, 1.165) is 54.6 Å². The number of allylic oxidation sites excluding steroid dienone is 2. The summed E-state index contributed by atoms with van der Waals surface area (Å²) in [4.78, 5) is 25.2. The number of nitrogens with zero attached hydrogens (tertiary/aromatic N) is 2. The molecule has 1 radical (unpaired) electrons. The first-order chi connectivity index (χ1) is 21.9. The molecule has 0 bridgehead atoms. The molecule has 0 aliphatic carbocycles. The first-order valence-corrected chi connectivity index (χ1v) is 18.2. The molecule has 7 heteroatoms. The molecule has 4 heterocycles. The standard InChI is InChI=1S/C27H25N2S2.C13H24O2.Ir/c1-16-6-8-20-24(29-16)14-21(22-12-17(2)30-26(20)22)23-13-18(10-11-28-23)25-9-7-19(31-25)15-27(3,4)5;1-5-10(6-2)12(14)9-13(15)11(7-3)8-4;/h6-13H,15H2,1-5H3;9-11,14H,5-8H2,1-4H3;/q-1;;/b;12-9-;. The molecule has 0 atom stereocenters. The maximum Gasteiger partial charge on any atom is 0.162 e. The van der Waals surface area contributed by atoms with Crippen LogP contribution in [0.15, 0.2) is 60.5 Å². The molecule has 0 fully saturated rings. The van der Waals surface area contributed by atoms with Gasteiger partial charge in [-0.1, -0.05) is 77.4 Å². The second-order valence-corrected chi connectivity index (χ2v) is 15.8. The van der Waals surface area contributed by atoms with E-state index in [1.54, 1.807) is 0 Å². The monoisotopic (exact) mass is 846 g/mol. The molecule has 0 amide bonds. The summed E-state index contributed by atoms with van der Waals surface area (Å²) in [5, 5.41) is 12.1. The van der Waals surface area contributed by atoms with Crippen LogP contribution in [0.1, 0.15) is 89.6 Å². The Morgan fingerprint density at radius 3 is 2.23 bits per heavy atom. The van der Waals surface area contributed by atoms with Crippen molar-refractivity contribution in [3.05, 3.63) is 82.0 Å². The molecular weight excluding hydrogens is 797 g/mol. The number of benzene rings is 1. The molecule has 0 spiro atoms. The van der Waals surface area contributed by atoms with Crippen LogP contribution in [0, 0.1) is 37.2 Å². The SMILES string of the molecule is CCC(CC)C(=O)/C=C(\O)C(CC)CC.Cc1ccc2c([c-]c(-c3cc(-c4ccc(CC(C)(C)C)s4)ccn3)c3cc(C)sc32)n1.[Ir]. The second-order valence-electron chi connectivity index (χ2n) is 13.4. The molecule has 5 rings (SSSR count). The van der Waals surface area contributed by atoms with Crippen LogP contribution >= 0.6 is 22.7 Å². The smallest absolute Gasteiger partial charge is 0.162 e. The number of fused-ring (bicyclic) bond motifs is 3. The Hall–Kier alpha value is -2.70. The molecule has 47 heavy (non-hydrogen) atoms. The van der Waals surface area contributed by atoms with Crippen molar-refractivity contribution in [2.45, 2.75) is 94.4 Å². The quantitative estimate of drug-likeness (QED) is 0.0864. The van der Waals surface area contributed by atoms with Crippen LogP contribution in [0.25, 0.3) is 42.7 Å². The average Bonchev–Trinajstić information content (AvgIpc) is 3.63. The van der Waals surface area contributed by atoms with E-state index in [1.165, 1.54) is 41.7 Å². The Morgan fingerprint density at radius 2 is 1.60 bits per heavy atom. The van der Waals surface area contributed by atoms with E-state index in [0.29, 0.717) is 5.41 Å². The normalized spacial score (nSPS) is 12.0. The molecule has 0 unspecified atom stereocenters.